The van der Waals surface area contributed by atoms with Crippen LogP contribution in [-0.2, 0) is 6.54 Å². The fraction of sp³-hybridized carbons (Fsp3) is 0.154. The monoisotopic (exact) mass is 340 g/mol. The summed E-state index contributed by atoms with van der Waals surface area (Å²) in [6.07, 6.45) is 2.60. The van der Waals surface area contributed by atoms with Gasteiger partial charge in [-0.2, -0.15) is 0 Å². The lowest BCUT2D eigenvalue weighted by Gasteiger charge is -2.06. The van der Waals surface area contributed by atoms with Crippen LogP contribution in [0.3, 0.4) is 0 Å². The van der Waals surface area contributed by atoms with Gasteiger partial charge in [-0.05, 0) is 34.1 Å². The highest BCUT2D eigenvalue weighted by Gasteiger charge is 2.12. The second kappa shape index (κ2) is 5.96. The summed E-state index contributed by atoms with van der Waals surface area (Å²) in [7, 11) is 1.34. The summed E-state index contributed by atoms with van der Waals surface area (Å²) in [5, 5.41) is 0. The zero-order valence-corrected chi connectivity index (χ0v) is 12.1. The van der Waals surface area contributed by atoms with E-state index < -0.39 is 11.6 Å². The van der Waals surface area contributed by atoms with Crippen LogP contribution in [0, 0.1) is 5.82 Å². The topological polar surface area (TPSA) is 61.2 Å². The van der Waals surface area contributed by atoms with E-state index in [0.29, 0.717) is 0 Å². The Balaban J connectivity index is 2.26. The first-order chi connectivity index (χ1) is 9.52. The van der Waals surface area contributed by atoms with Crippen LogP contribution < -0.4 is 10.3 Å². The van der Waals surface area contributed by atoms with Crippen LogP contribution in [0.15, 0.2) is 40.0 Å². The maximum absolute atomic E-state index is 13.5. The van der Waals surface area contributed by atoms with Gasteiger partial charge < -0.3 is 4.74 Å². The van der Waals surface area contributed by atoms with E-state index in [9.17, 15) is 14.0 Å². The maximum atomic E-state index is 13.5. The molecule has 0 N–H and O–H groups in total. The predicted octanol–water partition coefficient (Wildman–Crippen LogP) is 2.04. The molecule has 104 valence electrons. The second-order valence-electron chi connectivity index (χ2n) is 3.95. The van der Waals surface area contributed by atoms with Crippen LogP contribution in [0.5, 0.6) is 5.75 Å². The number of halogens is 2. The summed E-state index contributed by atoms with van der Waals surface area (Å²) < 4.78 is 19.7. The molecular weight excluding hydrogens is 331 g/mol. The number of methoxy groups -OCH3 is 1. The first-order valence-corrected chi connectivity index (χ1v) is 6.39. The highest BCUT2D eigenvalue weighted by molar-refractivity contribution is 9.10. The van der Waals surface area contributed by atoms with Gasteiger partial charge in [0.05, 0.1) is 20.0 Å². The quantitative estimate of drug-likeness (QED) is 0.799. The Morgan fingerprint density at radius 3 is 2.90 bits per heavy atom. The lowest BCUT2D eigenvalue weighted by Crippen LogP contribution is -2.24. The van der Waals surface area contributed by atoms with E-state index in [0.717, 1.165) is 10.6 Å². The Labute approximate surface area is 122 Å². The fourth-order valence-electron chi connectivity index (χ4n) is 1.62. The van der Waals surface area contributed by atoms with Gasteiger partial charge in [-0.25, -0.2) is 9.37 Å². The molecule has 0 saturated carbocycles. The molecule has 1 aromatic carbocycles. The van der Waals surface area contributed by atoms with Crippen LogP contribution >= 0.6 is 15.9 Å². The number of aromatic nitrogens is 2. The van der Waals surface area contributed by atoms with Crippen molar-refractivity contribution < 1.29 is 13.9 Å². The van der Waals surface area contributed by atoms with Gasteiger partial charge in [0, 0.05) is 11.8 Å². The first-order valence-electron chi connectivity index (χ1n) is 5.59. The molecule has 0 amide bonds. The number of rotatable bonds is 4. The molecule has 0 atom stereocenters. The van der Waals surface area contributed by atoms with E-state index >= 15 is 0 Å². The van der Waals surface area contributed by atoms with Crippen molar-refractivity contribution in [2.75, 3.05) is 7.11 Å². The minimum atomic E-state index is -0.627. The minimum Gasteiger partial charge on any atom is -0.494 e. The zero-order valence-electron chi connectivity index (χ0n) is 10.5. The molecule has 0 bridgehead atoms. The van der Waals surface area contributed by atoms with Crippen molar-refractivity contribution in [2.45, 2.75) is 6.54 Å². The molecular formula is C13H10BrFN2O3. The molecule has 2 aromatic rings. The summed E-state index contributed by atoms with van der Waals surface area (Å²) >= 11 is 3.04. The van der Waals surface area contributed by atoms with Crippen LogP contribution in [0.4, 0.5) is 4.39 Å². The Hall–Kier alpha value is -2.02. The molecule has 1 heterocycles. The minimum absolute atomic E-state index is 0.0582. The summed E-state index contributed by atoms with van der Waals surface area (Å²) in [4.78, 5) is 27.6. The Morgan fingerprint density at radius 1 is 1.50 bits per heavy atom. The Bertz CT molecular complexity index is 715. The molecule has 0 unspecified atom stereocenters. The fourth-order valence-corrected chi connectivity index (χ4v) is 1.97. The van der Waals surface area contributed by atoms with E-state index in [1.807, 2.05) is 0 Å². The summed E-state index contributed by atoms with van der Waals surface area (Å²) in [5.41, 5.74) is -0.211. The molecule has 5 nitrogen and oxygen atoms in total. The average molecular weight is 341 g/mol. The standard InChI is InChI=1S/C13H10BrFN2O3/c1-20-12-3-2-8(4-10(12)15)11(18)6-17-7-16-5-9(14)13(17)19/h2-5,7H,6H2,1H3. The van der Waals surface area contributed by atoms with Gasteiger partial charge in [0.2, 0.25) is 0 Å². The van der Waals surface area contributed by atoms with E-state index in [2.05, 4.69) is 20.9 Å². The maximum Gasteiger partial charge on any atom is 0.268 e. The van der Waals surface area contributed by atoms with Gasteiger partial charge >= 0.3 is 0 Å². The number of hydrogen-bond acceptors (Lipinski definition) is 4. The van der Waals surface area contributed by atoms with E-state index in [4.69, 9.17) is 4.74 Å². The van der Waals surface area contributed by atoms with Crippen molar-refractivity contribution in [3.05, 3.63) is 56.9 Å². The molecule has 2 rings (SSSR count). The Kier molecular flexibility index (Phi) is 4.29. The predicted molar refractivity (Wildman–Crippen MR) is 73.5 cm³/mol. The van der Waals surface area contributed by atoms with Crippen molar-refractivity contribution in [1.82, 2.24) is 9.55 Å². The summed E-state index contributed by atoms with van der Waals surface area (Å²) in [6.45, 7) is -0.211. The molecule has 0 aliphatic carbocycles. The molecule has 0 aliphatic rings. The summed E-state index contributed by atoms with van der Waals surface area (Å²) in [6, 6.07) is 3.89. The van der Waals surface area contributed by atoms with E-state index in [-0.39, 0.29) is 27.9 Å². The number of ether oxygens (including phenoxy) is 1. The van der Waals surface area contributed by atoms with Gasteiger partial charge in [-0.15, -0.1) is 0 Å². The largest absolute Gasteiger partial charge is 0.494 e. The lowest BCUT2D eigenvalue weighted by atomic mass is 10.1. The molecule has 0 aliphatic heterocycles. The van der Waals surface area contributed by atoms with E-state index in [1.165, 1.54) is 31.8 Å². The van der Waals surface area contributed by atoms with Crippen LogP contribution in [0.25, 0.3) is 0 Å². The van der Waals surface area contributed by atoms with Crippen LogP contribution in [-0.4, -0.2) is 22.4 Å². The van der Waals surface area contributed by atoms with Crippen molar-refractivity contribution >= 4 is 21.7 Å². The third-order valence-electron chi connectivity index (χ3n) is 2.65. The third kappa shape index (κ3) is 2.93. The SMILES string of the molecule is COc1ccc(C(=O)Cn2cncc(Br)c2=O)cc1F. The number of hydrogen-bond donors (Lipinski definition) is 0. The average Bonchev–Trinajstić information content (AvgIpc) is 2.43. The number of ketones is 1. The molecule has 0 radical (unpaired) electrons. The van der Waals surface area contributed by atoms with Gasteiger partial charge in [-0.3, -0.25) is 14.2 Å². The molecule has 20 heavy (non-hydrogen) atoms. The Morgan fingerprint density at radius 2 is 2.25 bits per heavy atom. The van der Waals surface area contributed by atoms with Crippen LogP contribution in [0.2, 0.25) is 0 Å². The molecule has 7 heteroatoms. The van der Waals surface area contributed by atoms with Gasteiger partial charge in [0.25, 0.3) is 5.56 Å². The van der Waals surface area contributed by atoms with Gasteiger partial charge in [0.15, 0.2) is 17.3 Å². The number of Topliss-reactive ketones (excluding diaryl/α,β-unsaturated/α-hetero) is 1. The first kappa shape index (κ1) is 14.4. The second-order valence-corrected chi connectivity index (χ2v) is 4.80. The molecule has 0 fully saturated rings. The molecule has 1 aromatic heterocycles. The lowest BCUT2D eigenvalue weighted by molar-refractivity contribution is 0.0970. The van der Waals surface area contributed by atoms with Gasteiger partial charge in [0.1, 0.15) is 4.47 Å². The van der Waals surface area contributed by atoms with Crippen molar-refractivity contribution in [2.24, 2.45) is 0 Å². The smallest absolute Gasteiger partial charge is 0.268 e. The number of carbonyl (C=O) groups is 1. The number of carbonyl (C=O) groups excluding carboxylic acids is 1. The van der Waals surface area contributed by atoms with Crippen molar-refractivity contribution in [3.63, 3.8) is 0 Å². The zero-order chi connectivity index (χ0) is 14.7. The highest BCUT2D eigenvalue weighted by Crippen LogP contribution is 2.18. The molecule has 0 saturated heterocycles. The van der Waals surface area contributed by atoms with Crippen molar-refractivity contribution in [1.29, 1.82) is 0 Å². The van der Waals surface area contributed by atoms with E-state index in [1.54, 1.807) is 0 Å². The highest BCUT2D eigenvalue weighted by atomic mass is 79.9. The normalized spacial score (nSPS) is 10.3. The summed E-state index contributed by atoms with van der Waals surface area (Å²) in [5.74, 6) is -0.963. The van der Waals surface area contributed by atoms with Crippen LogP contribution in [0.1, 0.15) is 10.4 Å². The van der Waals surface area contributed by atoms with Gasteiger partial charge in [-0.1, -0.05) is 0 Å². The van der Waals surface area contributed by atoms with Crippen molar-refractivity contribution in [3.8, 4) is 5.75 Å². The molecule has 0 spiro atoms. The number of benzene rings is 1. The number of nitrogens with zero attached hydrogens (tertiary/aromatic N) is 2. The third-order valence-corrected chi connectivity index (χ3v) is 3.19.